The van der Waals surface area contributed by atoms with E-state index >= 15 is 0 Å². The molecule has 1 aromatic heterocycles. The Morgan fingerprint density at radius 1 is 1.38 bits per heavy atom. The van der Waals surface area contributed by atoms with Gasteiger partial charge in [-0.25, -0.2) is 0 Å². The third-order valence-electron chi connectivity index (χ3n) is 3.15. The first-order valence-electron chi connectivity index (χ1n) is 6.69. The lowest BCUT2D eigenvalue weighted by atomic mass is 10.2. The summed E-state index contributed by atoms with van der Waals surface area (Å²) in [7, 11) is 3.23. The van der Waals surface area contributed by atoms with Crippen LogP contribution in [-0.4, -0.2) is 46.6 Å². The number of hydrogen-bond donors (Lipinski definition) is 0. The number of carbonyl (C=O) groups excluding carboxylic acids is 1. The summed E-state index contributed by atoms with van der Waals surface area (Å²) in [5.41, 5.74) is 0.424. The molecular formula is C14H18N4O3. The molecule has 2 rings (SSSR count). The van der Waals surface area contributed by atoms with E-state index in [9.17, 15) is 9.59 Å². The summed E-state index contributed by atoms with van der Waals surface area (Å²) in [5.74, 6) is -0.230. The summed E-state index contributed by atoms with van der Waals surface area (Å²) in [6.45, 7) is 0.994. The zero-order chi connectivity index (χ0) is 15.2. The quantitative estimate of drug-likeness (QED) is 0.726. The third kappa shape index (κ3) is 3.85. The Balaban J connectivity index is 2.01. The molecule has 0 radical (unpaired) electrons. The molecule has 0 aliphatic heterocycles. The van der Waals surface area contributed by atoms with E-state index in [0.29, 0.717) is 37.0 Å². The van der Waals surface area contributed by atoms with Crippen molar-refractivity contribution in [3.05, 3.63) is 34.6 Å². The van der Waals surface area contributed by atoms with E-state index in [1.807, 2.05) is 18.0 Å². The van der Waals surface area contributed by atoms with Gasteiger partial charge in [0.25, 0.3) is 5.56 Å². The Kier molecular flexibility index (Phi) is 4.99. The molecule has 7 nitrogen and oxygen atoms in total. The maximum absolute atomic E-state index is 12.3. The van der Waals surface area contributed by atoms with Crippen LogP contribution >= 0.6 is 0 Å². The SMILES string of the molecule is COC(=O)CCCN(C)Cn1nnc2ccccc2c1=O. The minimum Gasteiger partial charge on any atom is -0.469 e. The van der Waals surface area contributed by atoms with E-state index in [4.69, 9.17) is 0 Å². The summed E-state index contributed by atoms with van der Waals surface area (Å²) < 4.78 is 5.90. The highest BCUT2D eigenvalue weighted by atomic mass is 16.5. The van der Waals surface area contributed by atoms with Gasteiger partial charge in [0.1, 0.15) is 5.52 Å². The Morgan fingerprint density at radius 2 is 2.14 bits per heavy atom. The van der Waals surface area contributed by atoms with Crippen LogP contribution in [0.25, 0.3) is 10.9 Å². The van der Waals surface area contributed by atoms with Crippen LogP contribution < -0.4 is 5.56 Å². The van der Waals surface area contributed by atoms with Gasteiger partial charge in [-0.1, -0.05) is 17.3 Å². The molecule has 0 saturated heterocycles. The molecule has 0 spiro atoms. The van der Waals surface area contributed by atoms with Crippen molar-refractivity contribution in [1.29, 1.82) is 0 Å². The number of methoxy groups -OCH3 is 1. The van der Waals surface area contributed by atoms with Gasteiger partial charge in [-0.15, -0.1) is 5.10 Å². The third-order valence-corrected chi connectivity index (χ3v) is 3.15. The highest BCUT2D eigenvalue weighted by Gasteiger charge is 2.08. The van der Waals surface area contributed by atoms with Crippen LogP contribution in [0.1, 0.15) is 12.8 Å². The fourth-order valence-corrected chi connectivity index (χ4v) is 2.01. The highest BCUT2D eigenvalue weighted by Crippen LogP contribution is 2.03. The molecule has 0 bridgehead atoms. The number of fused-ring (bicyclic) bond motifs is 1. The van der Waals surface area contributed by atoms with Gasteiger partial charge in [0.15, 0.2) is 0 Å². The number of hydrogen-bond acceptors (Lipinski definition) is 6. The molecule has 0 amide bonds. The Labute approximate surface area is 122 Å². The van der Waals surface area contributed by atoms with Crippen LogP contribution in [0.5, 0.6) is 0 Å². The second-order valence-corrected chi connectivity index (χ2v) is 4.81. The van der Waals surface area contributed by atoms with Crippen LogP contribution in [0.15, 0.2) is 29.1 Å². The van der Waals surface area contributed by atoms with Gasteiger partial charge < -0.3 is 4.74 Å². The van der Waals surface area contributed by atoms with Gasteiger partial charge in [0.2, 0.25) is 0 Å². The molecule has 0 saturated carbocycles. The number of esters is 1. The Bertz CT molecular complexity index is 683. The van der Waals surface area contributed by atoms with Gasteiger partial charge in [-0.05, 0) is 25.6 Å². The number of benzene rings is 1. The second-order valence-electron chi connectivity index (χ2n) is 4.81. The normalized spacial score (nSPS) is 11.0. The lowest BCUT2D eigenvalue weighted by Gasteiger charge is -2.16. The summed E-state index contributed by atoms with van der Waals surface area (Å²) in [6.07, 6.45) is 1.03. The van der Waals surface area contributed by atoms with Crippen molar-refractivity contribution in [1.82, 2.24) is 19.9 Å². The molecule has 0 atom stereocenters. The van der Waals surface area contributed by atoms with E-state index in [0.717, 1.165) is 0 Å². The van der Waals surface area contributed by atoms with E-state index in [-0.39, 0.29) is 11.5 Å². The van der Waals surface area contributed by atoms with E-state index in [2.05, 4.69) is 15.0 Å². The van der Waals surface area contributed by atoms with Crippen molar-refractivity contribution in [2.75, 3.05) is 20.7 Å². The first-order chi connectivity index (χ1) is 10.1. The fourth-order valence-electron chi connectivity index (χ4n) is 2.01. The first-order valence-corrected chi connectivity index (χ1v) is 6.69. The molecule has 0 fully saturated rings. The van der Waals surface area contributed by atoms with Gasteiger partial charge in [-0.2, -0.15) is 4.68 Å². The average Bonchev–Trinajstić information content (AvgIpc) is 2.50. The smallest absolute Gasteiger partial charge is 0.305 e. The van der Waals surface area contributed by atoms with Crippen molar-refractivity contribution in [2.24, 2.45) is 0 Å². The standard InChI is InChI=1S/C14H18N4O3/c1-17(9-5-8-13(19)21-2)10-18-14(20)11-6-3-4-7-12(11)15-16-18/h3-4,6-7H,5,8-10H2,1-2H3. The minimum atomic E-state index is -0.230. The number of nitrogens with zero attached hydrogens (tertiary/aromatic N) is 4. The molecular weight excluding hydrogens is 272 g/mol. The average molecular weight is 290 g/mol. The van der Waals surface area contributed by atoms with Gasteiger partial charge in [-0.3, -0.25) is 14.5 Å². The summed E-state index contributed by atoms with van der Waals surface area (Å²) >= 11 is 0. The summed E-state index contributed by atoms with van der Waals surface area (Å²) in [6, 6.07) is 7.11. The van der Waals surface area contributed by atoms with E-state index in [1.54, 1.807) is 18.2 Å². The molecule has 0 unspecified atom stereocenters. The number of ether oxygens (including phenoxy) is 1. The lowest BCUT2D eigenvalue weighted by Crippen LogP contribution is -2.33. The zero-order valence-corrected chi connectivity index (χ0v) is 12.2. The zero-order valence-electron chi connectivity index (χ0n) is 12.2. The molecule has 2 aromatic rings. The van der Waals surface area contributed by atoms with Crippen LogP contribution in [0.3, 0.4) is 0 Å². The van der Waals surface area contributed by atoms with Crippen molar-refractivity contribution < 1.29 is 9.53 Å². The highest BCUT2D eigenvalue weighted by molar-refractivity contribution is 5.76. The monoisotopic (exact) mass is 290 g/mol. The van der Waals surface area contributed by atoms with Gasteiger partial charge >= 0.3 is 5.97 Å². The van der Waals surface area contributed by atoms with Crippen molar-refractivity contribution in [3.63, 3.8) is 0 Å². The predicted molar refractivity (Wildman–Crippen MR) is 77.7 cm³/mol. The van der Waals surface area contributed by atoms with Crippen LogP contribution in [-0.2, 0) is 16.2 Å². The lowest BCUT2D eigenvalue weighted by molar-refractivity contribution is -0.140. The van der Waals surface area contributed by atoms with E-state index < -0.39 is 0 Å². The van der Waals surface area contributed by atoms with Crippen molar-refractivity contribution in [3.8, 4) is 0 Å². The maximum Gasteiger partial charge on any atom is 0.305 e. The molecule has 112 valence electrons. The molecule has 1 aromatic carbocycles. The second kappa shape index (κ2) is 6.94. The van der Waals surface area contributed by atoms with Crippen LogP contribution in [0.4, 0.5) is 0 Å². The first kappa shape index (κ1) is 15.1. The van der Waals surface area contributed by atoms with Gasteiger partial charge in [0, 0.05) is 13.0 Å². The topological polar surface area (TPSA) is 77.3 Å². The molecule has 7 heteroatoms. The summed E-state index contributed by atoms with van der Waals surface area (Å²) in [5, 5.41) is 8.51. The van der Waals surface area contributed by atoms with Crippen LogP contribution in [0, 0.1) is 0 Å². The van der Waals surface area contributed by atoms with Crippen molar-refractivity contribution in [2.45, 2.75) is 19.5 Å². The van der Waals surface area contributed by atoms with E-state index in [1.165, 1.54) is 11.8 Å². The predicted octanol–water partition coefficient (Wildman–Crippen LogP) is 0.634. The van der Waals surface area contributed by atoms with Crippen LogP contribution in [0.2, 0.25) is 0 Å². The molecule has 1 heterocycles. The maximum atomic E-state index is 12.3. The summed E-state index contributed by atoms with van der Waals surface area (Å²) in [4.78, 5) is 25.2. The minimum absolute atomic E-state index is 0.166. The largest absolute Gasteiger partial charge is 0.469 e. The molecule has 21 heavy (non-hydrogen) atoms. The molecule has 0 N–H and O–H groups in total. The Morgan fingerprint density at radius 3 is 2.90 bits per heavy atom. The number of rotatable bonds is 6. The number of carbonyl (C=O) groups is 1. The number of aromatic nitrogens is 3. The molecule has 0 aliphatic rings. The Hall–Kier alpha value is -2.28. The fraction of sp³-hybridized carbons (Fsp3) is 0.429. The van der Waals surface area contributed by atoms with Crippen molar-refractivity contribution >= 4 is 16.9 Å². The molecule has 0 aliphatic carbocycles. The van der Waals surface area contributed by atoms with Gasteiger partial charge in [0.05, 0.1) is 19.2 Å².